The summed E-state index contributed by atoms with van der Waals surface area (Å²) in [5.41, 5.74) is 6.86. The molecule has 104 valence electrons. The highest BCUT2D eigenvalue weighted by atomic mass is 16.5. The minimum absolute atomic E-state index is 0.0942. The highest BCUT2D eigenvalue weighted by Gasteiger charge is 2.17. The van der Waals surface area contributed by atoms with E-state index in [1.54, 1.807) is 25.3 Å². The van der Waals surface area contributed by atoms with Gasteiger partial charge in [0, 0.05) is 11.7 Å². The van der Waals surface area contributed by atoms with Crippen molar-refractivity contribution in [2.24, 2.45) is 0 Å². The molecule has 1 fully saturated rings. The molecule has 1 amide bonds. The van der Waals surface area contributed by atoms with Gasteiger partial charge in [0.25, 0.3) is 5.91 Å². The fraction of sp³-hybridized carbons (Fsp3) is 0.533. The molecule has 4 heteroatoms. The normalized spacial score (nSPS) is 16.7. The molecule has 0 spiro atoms. The van der Waals surface area contributed by atoms with Gasteiger partial charge in [-0.05, 0) is 31.0 Å². The Balaban J connectivity index is 2.06. The van der Waals surface area contributed by atoms with Crippen molar-refractivity contribution >= 4 is 11.6 Å². The zero-order chi connectivity index (χ0) is 13.7. The lowest BCUT2D eigenvalue weighted by Crippen LogP contribution is -2.34. The van der Waals surface area contributed by atoms with E-state index in [4.69, 9.17) is 10.5 Å². The number of benzene rings is 1. The van der Waals surface area contributed by atoms with Crippen LogP contribution in [0.3, 0.4) is 0 Å². The van der Waals surface area contributed by atoms with Gasteiger partial charge >= 0.3 is 0 Å². The largest absolute Gasteiger partial charge is 0.497 e. The number of hydrogen-bond acceptors (Lipinski definition) is 3. The van der Waals surface area contributed by atoms with Crippen molar-refractivity contribution in [3.8, 4) is 5.75 Å². The highest BCUT2D eigenvalue weighted by Crippen LogP contribution is 2.21. The van der Waals surface area contributed by atoms with Gasteiger partial charge in [0.2, 0.25) is 0 Å². The number of rotatable bonds is 3. The molecule has 0 bridgehead atoms. The van der Waals surface area contributed by atoms with Gasteiger partial charge in [0.15, 0.2) is 0 Å². The fourth-order valence-corrected chi connectivity index (χ4v) is 2.55. The maximum atomic E-state index is 12.3. The fourth-order valence-electron chi connectivity index (χ4n) is 2.55. The van der Waals surface area contributed by atoms with Gasteiger partial charge in [-0.1, -0.05) is 25.7 Å². The SMILES string of the molecule is COc1ccc(N)c(C(=O)NC2CCCCCC2)c1. The van der Waals surface area contributed by atoms with E-state index in [1.807, 2.05) is 0 Å². The monoisotopic (exact) mass is 262 g/mol. The van der Waals surface area contributed by atoms with Crippen LogP contribution in [0.15, 0.2) is 18.2 Å². The molecule has 1 aliphatic rings. The number of amides is 1. The zero-order valence-electron chi connectivity index (χ0n) is 11.4. The predicted octanol–water partition coefficient (Wildman–Crippen LogP) is 2.73. The van der Waals surface area contributed by atoms with Gasteiger partial charge in [-0.2, -0.15) is 0 Å². The number of ether oxygens (including phenoxy) is 1. The number of methoxy groups -OCH3 is 1. The average Bonchev–Trinajstić information content (AvgIpc) is 2.68. The van der Waals surface area contributed by atoms with Crippen LogP contribution in [-0.2, 0) is 0 Å². The standard InChI is InChI=1S/C15H22N2O2/c1-19-12-8-9-14(16)13(10-12)15(18)17-11-6-4-2-3-5-7-11/h8-11H,2-7,16H2,1H3,(H,17,18). The van der Waals surface area contributed by atoms with Crippen molar-refractivity contribution in [3.05, 3.63) is 23.8 Å². The lowest BCUT2D eigenvalue weighted by Gasteiger charge is -2.17. The van der Waals surface area contributed by atoms with Crippen LogP contribution in [0, 0.1) is 0 Å². The summed E-state index contributed by atoms with van der Waals surface area (Å²) in [5.74, 6) is 0.559. The van der Waals surface area contributed by atoms with Crippen molar-refractivity contribution in [1.29, 1.82) is 0 Å². The molecule has 2 rings (SSSR count). The molecule has 1 aromatic carbocycles. The summed E-state index contributed by atoms with van der Waals surface area (Å²) in [6.07, 6.45) is 7.06. The highest BCUT2D eigenvalue weighted by molar-refractivity contribution is 5.99. The first-order valence-electron chi connectivity index (χ1n) is 6.95. The molecule has 3 N–H and O–H groups in total. The molecule has 1 aromatic rings. The first-order valence-corrected chi connectivity index (χ1v) is 6.95. The van der Waals surface area contributed by atoms with Crippen LogP contribution in [-0.4, -0.2) is 19.1 Å². The quantitative estimate of drug-likeness (QED) is 0.650. The van der Waals surface area contributed by atoms with Crippen molar-refractivity contribution in [3.63, 3.8) is 0 Å². The second-order valence-corrected chi connectivity index (χ2v) is 5.12. The Kier molecular flexibility index (Phi) is 4.66. The summed E-state index contributed by atoms with van der Waals surface area (Å²) < 4.78 is 5.13. The topological polar surface area (TPSA) is 64.3 Å². The van der Waals surface area contributed by atoms with E-state index < -0.39 is 0 Å². The molecule has 0 unspecified atom stereocenters. The summed E-state index contributed by atoms with van der Waals surface area (Å²) in [6, 6.07) is 5.44. The van der Waals surface area contributed by atoms with Crippen molar-refractivity contribution < 1.29 is 9.53 Å². The third-order valence-corrected chi connectivity index (χ3v) is 3.70. The minimum atomic E-state index is -0.0942. The predicted molar refractivity (Wildman–Crippen MR) is 76.4 cm³/mol. The van der Waals surface area contributed by atoms with Gasteiger partial charge in [0.05, 0.1) is 12.7 Å². The molecule has 0 aliphatic heterocycles. The van der Waals surface area contributed by atoms with Crippen LogP contribution in [0.4, 0.5) is 5.69 Å². The number of hydrogen-bond donors (Lipinski definition) is 2. The summed E-state index contributed by atoms with van der Waals surface area (Å²) in [6.45, 7) is 0. The number of carbonyl (C=O) groups is 1. The van der Waals surface area contributed by atoms with Crippen molar-refractivity contribution in [2.75, 3.05) is 12.8 Å². The maximum absolute atomic E-state index is 12.3. The van der Waals surface area contributed by atoms with E-state index in [9.17, 15) is 4.79 Å². The first kappa shape index (κ1) is 13.7. The van der Waals surface area contributed by atoms with E-state index in [1.165, 1.54) is 25.7 Å². The molecular weight excluding hydrogens is 240 g/mol. The van der Waals surface area contributed by atoms with Gasteiger partial charge in [-0.15, -0.1) is 0 Å². The molecule has 0 saturated heterocycles. The van der Waals surface area contributed by atoms with E-state index >= 15 is 0 Å². The molecule has 0 heterocycles. The lowest BCUT2D eigenvalue weighted by molar-refractivity contribution is 0.0934. The Morgan fingerprint density at radius 2 is 1.95 bits per heavy atom. The van der Waals surface area contributed by atoms with E-state index in [0.717, 1.165) is 12.8 Å². The van der Waals surface area contributed by atoms with E-state index in [0.29, 0.717) is 17.0 Å². The molecule has 0 aromatic heterocycles. The number of nitrogens with two attached hydrogens (primary N) is 1. The lowest BCUT2D eigenvalue weighted by atomic mass is 10.1. The van der Waals surface area contributed by atoms with Gasteiger partial charge in [-0.3, -0.25) is 4.79 Å². The molecule has 4 nitrogen and oxygen atoms in total. The summed E-state index contributed by atoms with van der Waals surface area (Å²) >= 11 is 0. The Labute approximate surface area is 114 Å². The van der Waals surface area contributed by atoms with E-state index in [2.05, 4.69) is 5.32 Å². The molecule has 19 heavy (non-hydrogen) atoms. The van der Waals surface area contributed by atoms with Gasteiger partial charge < -0.3 is 15.8 Å². The second kappa shape index (κ2) is 6.45. The van der Waals surface area contributed by atoms with Crippen LogP contribution in [0.5, 0.6) is 5.75 Å². The summed E-state index contributed by atoms with van der Waals surface area (Å²) in [7, 11) is 1.58. The number of nitrogens with one attached hydrogen (secondary N) is 1. The Hall–Kier alpha value is -1.71. The molecule has 0 radical (unpaired) electrons. The zero-order valence-corrected chi connectivity index (χ0v) is 11.4. The van der Waals surface area contributed by atoms with Gasteiger partial charge in [0.1, 0.15) is 5.75 Å². The first-order chi connectivity index (χ1) is 9.20. The van der Waals surface area contributed by atoms with E-state index in [-0.39, 0.29) is 11.9 Å². The molecule has 1 saturated carbocycles. The molecule has 0 atom stereocenters. The third kappa shape index (κ3) is 3.63. The number of nitrogen functional groups attached to an aromatic ring is 1. The summed E-state index contributed by atoms with van der Waals surface area (Å²) in [4.78, 5) is 12.3. The van der Waals surface area contributed by atoms with Crippen LogP contribution < -0.4 is 15.8 Å². The number of anilines is 1. The van der Waals surface area contributed by atoms with Gasteiger partial charge in [-0.25, -0.2) is 0 Å². The Bertz CT molecular complexity index is 438. The number of carbonyl (C=O) groups excluding carboxylic acids is 1. The minimum Gasteiger partial charge on any atom is -0.497 e. The average molecular weight is 262 g/mol. The summed E-state index contributed by atoms with van der Waals surface area (Å²) in [5, 5.41) is 3.09. The van der Waals surface area contributed by atoms with Crippen molar-refractivity contribution in [2.45, 2.75) is 44.6 Å². The Morgan fingerprint density at radius 3 is 2.58 bits per heavy atom. The molecule has 1 aliphatic carbocycles. The maximum Gasteiger partial charge on any atom is 0.253 e. The Morgan fingerprint density at radius 1 is 1.26 bits per heavy atom. The van der Waals surface area contributed by atoms with Crippen LogP contribution in [0.2, 0.25) is 0 Å². The molecular formula is C15H22N2O2. The van der Waals surface area contributed by atoms with Crippen LogP contribution in [0.25, 0.3) is 0 Å². The van der Waals surface area contributed by atoms with Crippen LogP contribution >= 0.6 is 0 Å². The second-order valence-electron chi connectivity index (χ2n) is 5.12. The smallest absolute Gasteiger partial charge is 0.253 e. The third-order valence-electron chi connectivity index (χ3n) is 3.70. The van der Waals surface area contributed by atoms with Crippen LogP contribution in [0.1, 0.15) is 48.9 Å². The van der Waals surface area contributed by atoms with Crippen molar-refractivity contribution in [1.82, 2.24) is 5.32 Å².